The molecule has 0 amide bonds. The highest BCUT2D eigenvalue weighted by Gasteiger charge is 1.95. The number of aryl methyl sites for hydroxylation is 1. The molecular formula is C10H10O3. The number of hydrogen-bond donors (Lipinski definition) is 2. The Morgan fingerprint density at radius 1 is 1.46 bits per heavy atom. The average molecular weight is 178 g/mol. The molecule has 0 aliphatic rings. The third kappa shape index (κ3) is 2.63. The van der Waals surface area contributed by atoms with Gasteiger partial charge >= 0.3 is 5.97 Å². The SMILES string of the molecule is Cc1cc(/C=C/C(=O)O)ccc1O. The molecule has 3 nitrogen and oxygen atoms in total. The molecule has 68 valence electrons. The molecule has 3 heteroatoms. The lowest BCUT2D eigenvalue weighted by atomic mass is 10.1. The highest BCUT2D eigenvalue weighted by Crippen LogP contribution is 2.17. The number of phenols is 1. The predicted octanol–water partition coefficient (Wildman–Crippen LogP) is 1.80. The zero-order valence-corrected chi connectivity index (χ0v) is 7.19. The van der Waals surface area contributed by atoms with E-state index >= 15 is 0 Å². The first-order valence-corrected chi connectivity index (χ1v) is 3.80. The second kappa shape index (κ2) is 3.76. The molecule has 1 rings (SSSR count). The van der Waals surface area contributed by atoms with Crippen LogP contribution in [0.3, 0.4) is 0 Å². The smallest absolute Gasteiger partial charge is 0.328 e. The van der Waals surface area contributed by atoms with Gasteiger partial charge in [0.05, 0.1) is 0 Å². The van der Waals surface area contributed by atoms with E-state index in [0.29, 0.717) is 0 Å². The molecule has 0 saturated heterocycles. The van der Waals surface area contributed by atoms with Gasteiger partial charge in [0.25, 0.3) is 0 Å². The van der Waals surface area contributed by atoms with E-state index < -0.39 is 5.97 Å². The molecule has 0 unspecified atom stereocenters. The monoisotopic (exact) mass is 178 g/mol. The number of carboxylic acid groups (broad SMARTS) is 1. The minimum atomic E-state index is -0.981. The quantitative estimate of drug-likeness (QED) is 0.679. The number of aliphatic carboxylic acids is 1. The van der Waals surface area contributed by atoms with Crippen LogP contribution < -0.4 is 0 Å². The van der Waals surface area contributed by atoms with Crippen LogP contribution in [0.5, 0.6) is 5.75 Å². The van der Waals surface area contributed by atoms with Crippen molar-refractivity contribution >= 4 is 12.0 Å². The minimum Gasteiger partial charge on any atom is -0.508 e. The number of aromatic hydroxyl groups is 1. The van der Waals surface area contributed by atoms with Crippen molar-refractivity contribution in [3.05, 3.63) is 35.4 Å². The van der Waals surface area contributed by atoms with E-state index in [2.05, 4.69) is 0 Å². The van der Waals surface area contributed by atoms with E-state index in [0.717, 1.165) is 17.2 Å². The minimum absolute atomic E-state index is 0.215. The van der Waals surface area contributed by atoms with Gasteiger partial charge in [-0.1, -0.05) is 6.07 Å². The highest BCUT2D eigenvalue weighted by molar-refractivity contribution is 5.85. The normalized spacial score (nSPS) is 10.5. The fourth-order valence-electron chi connectivity index (χ4n) is 0.950. The zero-order valence-electron chi connectivity index (χ0n) is 7.19. The standard InChI is InChI=1S/C10H10O3/c1-7-6-8(2-4-9(7)11)3-5-10(12)13/h2-6,11H,1H3,(H,12,13)/b5-3+. The zero-order chi connectivity index (χ0) is 9.84. The number of benzene rings is 1. The molecular weight excluding hydrogens is 168 g/mol. The third-order valence-corrected chi connectivity index (χ3v) is 1.64. The van der Waals surface area contributed by atoms with Crippen LogP contribution in [0.2, 0.25) is 0 Å². The van der Waals surface area contributed by atoms with Crippen molar-refractivity contribution in [3.8, 4) is 5.75 Å². The van der Waals surface area contributed by atoms with E-state index in [9.17, 15) is 9.90 Å². The summed E-state index contributed by atoms with van der Waals surface area (Å²) in [5, 5.41) is 17.5. The summed E-state index contributed by atoms with van der Waals surface area (Å²) in [4.78, 5) is 10.2. The number of rotatable bonds is 2. The van der Waals surface area contributed by atoms with Gasteiger partial charge in [0.1, 0.15) is 5.75 Å². The molecule has 0 heterocycles. The molecule has 0 aliphatic heterocycles. The molecule has 0 fully saturated rings. The van der Waals surface area contributed by atoms with Gasteiger partial charge in [0, 0.05) is 6.08 Å². The van der Waals surface area contributed by atoms with Crippen LogP contribution in [0.25, 0.3) is 6.08 Å². The molecule has 0 aliphatic carbocycles. The molecule has 0 saturated carbocycles. The Labute approximate surface area is 76.0 Å². The van der Waals surface area contributed by atoms with Crippen LogP contribution in [0.15, 0.2) is 24.3 Å². The van der Waals surface area contributed by atoms with Gasteiger partial charge in [-0.2, -0.15) is 0 Å². The predicted molar refractivity (Wildman–Crippen MR) is 49.5 cm³/mol. The Bertz CT molecular complexity index is 353. The summed E-state index contributed by atoms with van der Waals surface area (Å²) in [7, 11) is 0. The van der Waals surface area contributed by atoms with Crippen LogP contribution in [0, 0.1) is 6.92 Å². The van der Waals surface area contributed by atoms with Crippen LogP contribution in [0.4, 0.5) is 0 Å². The number of carbonyl (C=O) groups is 1. The van der Waals surface area contributed by atoms with Crippen LogP contribution in [0.1, 0.15) is 11.1 Å². The first-order chi connectivity index (χ1) is 6.09. The Balaban J connectivity index is 2.92. The number of phenolic OH excluding ortho intramolecular Hbond substituents is 1. The maximum absolute atomic E-state index is 10.2. The molecule has 2 N–H and O–H groups in total. The second-order valence-corrected chi connectivity index (χ2v) is 2.72. The van der Waals surface area contributed by atoms with Crippen LogP contribution >= 0.6 is 0 Å². The van der Waals surface area contributed by atoms with Gasteiger partial charge in [-0.3, -0.25) is 0 Å². The molecule has 0 bridgehead atoms. The largest absolute Gasteiger partial charge is 0.508 e. The van der Waals surface area contributed by atoms with Crippen molar-refractivity contribution in [1.82, 2.24) is 0 Å². The molecule has 1 aromatic rings. The lowest BCUT2D eigenvalue weighted by Gasteiger charge is -1.98. The first kappa shape index (κ1) is 9.32. The number of carboxylic acids is 1. The van der Waals surface area contributed by atoms with Crippen molar-refractivity contribution < 1.29 is 15.0 Å². The fraction of sp³-hybridized carbons (Fsp3) is 0.100. The lowest BCUT2D eigenvalue weighted by Crippen LogP contribution is -1.85. The van der Waals surface area contributed by atoms with E-state index in [1.165, 1.54) is 12.1 Å². The van der Waals surface area contributed by atoms with E-state index in [1.54, 1.807) is 19.1 Å². The third-order valence-electron chi connectivity index (χ3n) is 1.64. The summed E-state index contributed by atoms with van der Waals surface area (Å²) in [5.74, 6) is -0.766. The van der Waals surface area contributed by atoms with Gasteiger partial charge in [-0.15, -0.1) is 0 Å². The molecule has 0 aromatic heterocycles. The van der Waals surface area contributed by atoms with Gasteiger partial charge < -0.3 is 10.2 Å². The molecule has 0 spiro atoms. The van der Waals surface area contributed by atoms with Crippen molar-refractivity contribution in [2.75, 3.05) is 0 Å². The number of hydrogen-bond acceptors (Lipinski definition) is 2. The summed E-state index contributed by atoms with van der Waals surface area (Å²) < 4.78 is 0. The van der Waals surface area contributed by atoms with Gasteiger partial charge in [-0.25, -0.2) is 4.79 Å². The van der Waals surface area contributed by atoms with Crippen molar-refractivity contribution in [2.45, 2.75) is 6.92 Å². The van der Waals surface area contributed by atoms with E-state index in [4.69, 9.17) is 5.11 Å². The lowest BCUT2D eigenvalue weighted by molar-refractivity contribution is -0.131. The summed E-state index contributed by atoms with van der Waals surface area (Å²) in [6.07, 6.45) is 2.54. The first-order valence-electron chi connectivity index (χ1n) is 3.80. The maximum Gasteiger partial charge on any atom is 0.328 e. The molecule has 1 aromatic carbocycles. The van der Waals surface area contributed by atoms with Crippen molar-refractivity contribution in [1.29, 1.82) is 0 Å². The maximum atomic E-state index is 10.2. The molecule has 13 heavy (non-hydrogen) atoms. The van der Waals surface area contributed by atoms with Gasteiger partial charge in [0.2, 0.25) is 0 Å². The van der Waals surface area contributed by atoms with Crippen LogP contribution in [-0.4, -0.2) is 16.2 Å². The average Bonchev–Trinajstić information content (AvgIpc) is 2.07. The summed E-state index contributed by atoms with van der Waals surface area (Å²) in [6, 6.07) is 4.91. The van der Waals surface area contributed by atoms with Crippen LogP contribution in [-0.2, 0) is 4.79 Å². The Morgan fingerprint density at radius 3 is 2.69 bits per heavy atom. The van der Waals surface area contributed by atoms with E-state index in [-0.39, 0.29) is 5.75 Å². The summed E-state index contributed by atoms with van der Waals surface area (Å²) >= 11 is 0. The summed E-state index contributed by atoms with van der Waals surface area (Å²) in [6.45, 7) is 1.76. The van der Waals surface area contributed by atoms with E-state index in [1.807, 2.05) is 0 Å². The topological polar surface area (TPSA) is 57.5 Å². The van der Waals surface area contributed by atoms with Gasteiger partial charge in [-0.05, 0) is 36.3 Å². The Morgan fingerprint density at radius 2 is 2.15 bits per heavy atom. The van der Waals surface area contributed by atoms with Crippen molar-refractivity contribution in [2.24, 2.45) is 0 Å². The molecule has 0 radical (unpaired) electrons. The molecule has 0 atom stereocenters. The van der Waals surface area contributed by atoms with Crippen molar-refractivity contribution in [3.63, 3.8) is 0 Å². The Hall–Kier alpha value is -1.77. The second-order valence-electron chi connectivity index (χ2n) is 2.72. The fourth-order valence-corrected chi connectivity index (χ4v) is 0.950. The Kier molecular flexibility index (Phi) is 2.69. The summed E-state index contributed by atoms with van der Waals surface area (Å²) in [5.41, 5.74) is 1.49. The van der Waals surface area contributed by atoms with Gasteiger partial charge in [0.15, 0.2) is 0 Å². The highest BCUT2D eigenvalue weighted by atomic mass is 16.4.